The SMILES string of the molecule is CCCCSc1cnccc1C(=O)O. The van der Waals surface area contributed by atoms with Crippen LogP contribution in [0, 0.1) is 0 Å². The number of carboxylic acid groups (broad SMARTS) is 1. The van der Waals surface area contributed by atoms with Gasteiger partial charge in [-0.2, -0.15) is 0 Å². The first-order valence-corrected chi connectivity index (χ1v) is 5.54. The summed E-state index contributed by atoms with van der Waals surface area (Å²) in [5, 5.41) is 8.88. The lowest BCUT2D eigenvalue weighted by Gasteiger charge is -2.03. The maximum atomic E-state index is 10.8. The molecule has 1 N–H and O–H groups in total. The number of aromatic carboxylic acids is 1. The largest absolute Gasteiger partial charge is 0.478 e. The molecule has 0 aromatic carbocycles. The van der Waals surface area contributed by atoms with E-state index in [1.54, 1.807) is 18.0 Å². The molecule has 1 aromatic heterocycles. The lowest BCUT2D eigenvalue weighted by Crippen LogP contribution is -1.99. The van der Waals surface area contributed by atoms with Gasteiger partial charge in [-0.05, 0) is 18.2 Å². The number of rotatable bonds is 5. The minimum Gasteiger partial charge on any atom is -0.478 e. The van der Waals surface area contributed by atoms with E-state index in [0.717, 1.165) is 23.5 Å². The third-order valence-corrected chi connectivity index (χ3v) is 2.90. The molecule has 0 fully saturated rings. The van der Waals surface area contributed by atoms with Crippen LogP contribution in [0.1, 0.15) is 30.1 Å². The number of hydrogen-bond donors (Lipinski definition) is 1. The van der Waals surface area contributed by atoms with Crippen molar-refractivity contribution < 1.29 is 9.90 Å². The molecule has 14 heavy (non-hydrogen) atoms. The summed E-state index contributed by atoms with van der Waals surface area (Å²) in [5.41, 5.74) is 0.348. The lowest BCUT2D eigenvalue weighted by molar-refractivity contribution is 0.0693. The molecular formula is C10H13NO2S. The fourth-order valence-electron chi connectivity index (χ4n) is 0.998. The number of aromatic nitrogens is 1. The van der Waals surface area contributed by atoms with E-state index in [1.807, 2.05) is 0 Å². The summed E-state index contributed by atoms with van der Waals surface area (Å²) in [7, 11) is 0. The van der Waals surface area contributed by atoms with Crippen LogP contribution in [0.5, 0.6) is 0 Å². The molecule has 0 unspecified atom stereocenters. The molecule has 3 nitrogen and oxygen atoms in total. The van der Waals surface area contributed by atoms with Crippen molar-refractivity contribution in [2.45, 2.75) is 24.7 Å². The van der Waals surface area contributed by atoms with Crippen molar-refractivity contribution in [1.29, 1.82) is 0 Å². The molecule has 0 aliphatic carbocycles. The van der Waals surface area contributed by atoms with Gasteiger partial charge in [0.05, 0.1) is 5.56 Å². The fraction of sp³-hybridized carbons (Fsp3) is 0.400. The second-order valence-electron chi connectivity index (χ2n) is 2.88. The van der Waals surface area contributed by atoms with Crippen molar-refractivity contribution in [1.82, 2.24) is 4.98 Å². The van der Waals surface area contributed by atoms with Crippen LogP contribution >= 0.6 is 11.8 Å². The Morgan fingerprint density at radius 3 is 3.07 bits per heavy atom. The van der Waals surface area contributed by atoms with Gasteiger partial charge in [-0.25, -0.2) is 4.79 Å². The maximum Gasteiger partial charge on any atom is 0.336 e. The van der Waals surface area contributed by atoms with Crippen molar-refractivity contribution in [2.24, 2.45) is 0 Å². The predicted octanol–water partition coefficient (Wildman–Crippen LogP) is 2.67. The second kappa shape index (κ2) is 5.65. The Bertz CT molecular complexity index is 315. The second-order valence-corrected chi connectivity index (χ2v) is 4.02. The van der Waals surface area contributed by atoms with Crippen LogP contribution in [-0.2, 0) is 0 Å². The molecule has 1 rings (SSSR count). The van der Waals surface area contributed by atoms with Crippen LogP contribution in [-0.4, -0.2) is 21.8 Å². The Kier molecular flexibility index (Phi) is 4.46. The first kappa shape index (κ1) is 11.0. The Morgan fingerprint density at radius 2 is 2.43 bits per heavy atom. The molecule has 0 amide bonds. The van der Waals surface area contributed by atoms with Gasteiger partial charge in [0.25, 0.3) is 0 Å². The molecule has 0 radical (unpaired) electrons. The summed E-state index contributed by atoms with van der Waals surface area (Å²) in [6.07, 6.45) is 5.34. The summed E-state index contributed by atoms with van der Waals surface area (Å²) >= 11 is 1.56. The predicted molar refractivity (Wildman–Crippen MR) is 56.8 cm³/mol. The van der Waals surface area contributed by atoms with Crippen LogP contribution in [0.25, 0.3) is 0 Å². The van der Waals surface area contributed by atoms with Crippen molar-refractivity contribution >= 4 is 17.7 Å². The van der Waals surface area contributed by atoms with Crippen LogP contribution in [0.3, 0.4) is 0 Å². The van der Waals surface area contributed by atoms with Crippen LogP contribution in [0.4, 0.5) is 0 Å². The Hall–Kier alpha value is -1.03. The topological polar surface area (TPSA) is 50.2 Å². The van der Waals surface area contributed by atoms with Gasteiger partial charge in [-0.15, -0.1) is 11.8 Å². The zero-order valence-corrected chi connectivity index (χ0v) is 8.88. The molecule has 1 heterocycles. The Morgan fingerprint density at radius 1 is 1.64 bits per heavy atom. The minimum absolute atomic E-state index is 0.348. The van der Waals surface area contributed by atoms with Gasteiger partial charge in [0.2, 0.25) is 0 Å². The van der Waals surface area contributed by atoms with E-state index in [-0.39, 0.29) is 0 Å². The van der Waals surface area contributed by atoms with Crippen LogP contribution in [0.2, 0.25) is 0 Å². The van der Waals surface area contributed by atoms with Gasteiger partial charge < -0.3 is 5.11 Å². The fourth-order valence-corrected chi connectivity index (χ4v) is 2.10. The van der Waals surface area contributed by atoms with Gasteiger partial charge in [0.15, 0.2) is 0 Å². The normalized spacial score (nSPS) is 10.1. The first-order valence-electron chi connectivity index (χ1n) is 4.55. The number of carboxylic acids is 1. The van der Waals surface area contributed by atoms with E-state index in [4.69, 9.17) is 5.11 Å². The highest BCUT2D eigenvalue weighted by molar-refractivity contribution is 7.99. The number of thioether (sulfide) groups is 1. The summed E-state index contributed by atoms with van der Waals surface area (Å²) in [4.78, 5) is 15.5. The van der Waals surface area contributed by atoms with E-state index < -0.39 is 5.97 Å². The van der Waals surface area contributed by atoms with Crippen molar-refractivity contribution in [3.8, 4) is 0 Å². The van der Waals surface area contributed by atoms with Crippen LogP contribution in [0.15, 0.2) is 23.4 Å². The van der Waals surface area contributed by atoms with Crippen molar-refractivity contribution in [3.63, 3.8) is 0 Å². The monoisotopic (exact) mass is 211 g/mol. The highest BCUT2D eigenvalue weighted by atomic mass is 32.2. The molecule has 1 aromatic rings. The van der Waals surface area contributed by atoms with Gasteiger partial charge in [-0.3, -0.25) is 4.98 Å². The Labute approximate surface area is 87.6 Å². The summed E-state index contributed by atoms with van der Waals surface area (Å²) in [5.74, 6) is 0.0639. The zero-order valence-electron chi connectivity index (χ0n) is 8.06. The van der Waals surface area contributed by atoms with Crippen molar-refractivity contribution in [3.05, 3.63) is 24.0 Å². The molecule has 0 spiro atoms. The molecule has 0 aliphatic rings. The van der Waals surface area contributed by atoms with Crippen molar-refractivity contribution in [2.75, 3.05) is 5.75 Å². The van der Waals surface area contributed by atoms with Gasteiger partial charge >= 0.3 is 5.97 Å². The molecule has 4 heteroatoms. The average Bonchev–Trinajstić information content (AvgIpc) is 2.19. The molecule has 0 aliphatic heterocycles. The highest BCUT2D eigenvalue weighted by Gasteiger charge is 2.09. The third kappa shape index (κ3) is 3.03. The number of unbranched alkanes of at least 4 members (excludes halogenated alkanes) is 1. The average molecular weight is 211 g/mol. The number of pyridine rings is 1. The summed E-state index contributed by atoms with van der Waals surface area (Å²) in [6, 6.07) is 1.54. The van der Waals surface area contributed by atoms with E-state index in [1.165, 1.54) is 12.3 Å². The van der Waals surface area contributed by atoms with Crippen LogP contribution < -0.4 is 0 Å². The molecule has 76 valence electrons. The molecule has 0 saturated heterocycles. The van der Waals surface area contributed by atoms with Gasteiger partial charge in [0, 0.05) is 17.3 Å². The molecule has 0 atom stereocenters. The Balaban J connectivity index is 2.69. The van der Waals surface area contributed by atoms with Gasteiger partial charge in [0.1, 0.15) is 0 Å². The molecular weight excluding hydrogens is 198 g/mol. The zero-order chi connectivity index (χ0) is 10.4. The third-order valence-electron chi connectivity index (χ3n) is 1.77. The van der Waals surface area contributed by atoms with E-state index in [0.29, 0.717) is 5.56 Å². The minimum atomic E-state index is -0.883. The molecule has 0 saturated carbocycles. The van der Waals surface area contributed by atoms with Gasteiger partial charge in [-0.1, -0.05) is 13.3 Å². The smallest absolute Gasteiger partial charge is 0.336 e. The lowest BCUT2D eigenvalue weighted by atomic mass is 10.3. The number of hydrogen-bond acceptors (Lipinski definition) is 3. The van der Waals surface area contributed by atoms with E-state index in [2.05, 4.69) is 11.9 Å². The maximum absolute atomic E-state index is 10.8. The highest BCUT2D eigenvalue weighted by Crippen LogP contribution is 2.22. The molecule has 0 bridgehead atoms. The number of nitrogens with zero attached hydrogens (tertiary/aromatic N) is 1. The van der Waals surface area contributed by atoms with E-state index in [9.17, 15) is 4.79 Å². The number of carbonyl (C=O) groups is 1. The summed E-state index contributed by atoms with van der Waals surface area (Å²) < 4.78 is 0. The summed E-state index contributed by atoms with van der Waals surface area (Å²) in [6.45, 7) is 2.11. The quantitative estimate of drug-likeness (QED) is 0.601. The standard InChI is InChI=1S/C10H13NO2S/c1-2-3-6-14-9-7-11-5-4-8(9)10(12)13/h4-5,7H,2-3,6H2,1H3,(H,12,13). The first-order chi connectivity index (χ1) is 6.75. The van der Waals surface area contributed by atoms with E-state index >= 15 is 0 Å².